The van der Waals surface area contributed by atoms with E-state index in [-0.39, 0.29) is 5.92 Å². The first kappa shape index (κ1) is 14.0. The van der Waals surface area contributed by atoms with Crippen molar-refractivity contribution in [3.8, 4) is 0 Å². The molecule has 1 saturated heterocycles. The molecule has 1 aromatic carbocycles. The fourth-order valence-corrected chi connectivity index (χ4v) is 3.23. The maximum absolute atomic E-state index is 12.2. The molecule has 1 aliphatic carbocycles. The van der Waals surface area contributed by atoms with E-state index in [1.165, 1.54) is 6.42 Å². The quantitative estimate of drug-likeness (QED) is 0.835. The van der Waals surface area contributed by atoms with Crippen LogP contribution in [0.2, 0.25) is 10.0 Å². The smallest absolute Gasteiger partial charge is 0.225 e. The van der Waals surface area contributed by atoms with E-state index in [1.54, 1.807) is 6.07 Å². The van der Waals surface area contributed by atoms with Gasteiger partial charge in [-0.05, 0) is 25.0 Å². The van der Waals surface area contributed by atoms with Gasteiger partial charge >= 0.3 is 0 Å². The van der Waals surface area contributed by atoms with Gasteiger partial charge < -0.3 is 9.80 Å². The molecule has 1 heterocycles. The molecule has 1 saturated carbocycles. The lowest BCUT2D eigenvalue weighted by atomic mass is 9.84. The molecule has 1 aromatic rings. The average Bonchev–Trinajstić information content (AvgIpc) is 2.40. The third-order valence-corrected chi connectivity index (χ3v) is 5.13. The highest BCUT2D eigenvalue weighted by atomic mass is 35.5. The van der Waals surface area contributed by atoms with Crippen LogP contribution in [0.5, 0.6) is 0 Å². The summed E-state index contributed by atoms with van der Waals surface area (Å²) in [4.78, 5) is 16.4. The van der Waals surface area contributed by atoms with Gasteiger partial charge in [-0.3, -0.25) is 4.79 Å². The van der Waals surface area contributed by atoms with Gasteiger partial charge in [0, 0.05) is 32.1 Å². The van der Waals surface area contributed by atoms with E-state index in [2.05, 4.69) is 4.90 Å². The molecule has 3 nitrogen and oxygen atoms in total. The van der Waals surface area contributed by atoms with Crippen LogP contribution >= 0.6 is 23.2 Å². The van der Waals surface area contributed by atoms with Crippen LogP contribution in [0.1, 0.15) is 19.3 Å². The summed E-state index contributed by atoms with van der Waals surface area (Å²) in [6.45, 7) is 3.19. The molecular formula is C15H18Cl2N2O. The van der Waals surface area contributed by atoms with E-state index < -0.39 is 0 Å². The number of hydrogen-bond acceptors (Lipinski definition) is 2. The third-order valence-electron chi connectivity index (χ3n) is 4.32. The van der Waals surface area contributed by atoms with Gasteiger partial charge in [-0.1, -0.05) is 35.7 Å². The monoisotopic (exact) mass is 312 g/mol. The lowest BCUT2D eigenvalue weighted by Gasteiger charge is -2.39. The van der Waals surface area contributed by atoms with Crippen molar-refractivity contribution in [2.45, 2.75) is 19.3 Å². The van der Waals surface area contributed by atoms with Gasteiger partial charge in [0.25, 0.3) is 0 Å². The topological polar surface area (TPSA) is 23.6 Å². The summed E-state index contributed by atoms with van der Waals surface area (Å²) in [6, 6.07) is 5.69. The standard InChI is InChI=1S/C15H18Cl2N2O/c16-12-5-2-6-13(14(12)17)18-7-9-19(10-8-18)15(20)11-3-1-4-11/h2,5-6,11H,1,3-4,7-10H2. The molecular weight excluding hydrogens is 295 g/mol. The lowest BCUT2D eigenvalue weighted by molar-refractivity contribution is -0.138. The molecule has 20 heavy (non-hydrogen) atoms. The summed E-state index contributed by atoms with van der Waals surface area (Å²) in [5.74, 6) is 0.629. The Morgan fingerprint density at radius 3 is 2.40 bits per heavy atom. The van der Waals surface area contributed by atoms with Crippen LogP contribution in [0, 0.1) is 5.92 Å². The second-order valence-corrected chi connectivity index (χ2v) is 6.30. The Hall–Kier alpha value is -0.930. The molecule has 0 radical (unpaired) electrons. The number of benzene rings is 1. The maximum Gasteiger partial charge on any atom is 0.225 e. The maximum atomic E-state index is 12.2. The second kappa shape index (κ2) is 5.82. The number of anilines is 1. The van der Waals surface area contributed by atoms with Crippen LogP contribution < -0.4 is 4.90 Å². The Labute approximate surface area is 129 Å². The molecule has 1 aliphatic heterocycles. The number of piperazine rings is 1. The van der Waals surface area contributed by atoms with E-state index in [0.29, 0.717) is 16.0 Å². The van der Waals surface area contributed by atoms with Crippen molar-refractivity contribution in [1.82, 2.24) is 4.90 Å². The van der Waals surface area contributed by atoms with E-state index >= 15 is 0 Å². The number of carbonyl (C=O) groups excluding carboxylic acids is 1. The van der Waals surface area contributed by atoms with Crippen LogP contribution in [-0.4, -0.2) is 37.0 Å². The van der Waals surface area contributed by atoms with Crippen LogP contribution in [0.4, 0.5) is 5.69 Å². The summed E-state index contributed by atoms with van der Waals surface area (Å²) in [5.41, 5.74) is 0.968. The normalized spacial score (nSPS) is 19.9. The highest BCUT2D eigenvalue weighted by Gasteiger charge is 2.31. The minimum absolute atomic E-state index is 0.288. The molecule has 0 atom stereocenters. The van der Waals surface area contributed by atoms with Crippen molar-refractivity contribution >= 4 is 34.8 Å². The molecule has 2 aliphatic rings. The molecule has 5 heteroatoms. The van der Waals surface area contributed by atoms with Gasteiger partial charge in [0.05, 0.1) is 15.7 Å². The first-order valence-corrected chi connectivity index (χ1v) is 7.90. The number of hydrogen-bond donors (Lipinski definition) is 0. The van der Waals surface area contributed by atoms with Crippen LogP contribution in [0.15, 0.2) is 18.2 Å². The van der Waals surface area contributed by atoms with Crippen molar-refractivity contribution in [3.05, 3.63) is 28.2 Å². The molecule has 3 rings (SSSR count). The Kier molecular flexibility index (Phi) is 4.08. The highest BCUT2D eigenvalue weighted by molar-refractivity contribution is 6.43. The van der Waals surface area contributed by atoms with E-state index in [4.69, 9.17) is 23.2 Å². The molecule has 0 spiro atoms. The van der Waals surface area contributed by atoms with Crippen LogP contribution in [0.25, 0.3) is 0 Å². The molecule has 0 unspecified atom stereocenters. The zero-order chi connectivity index (χ0) is 14.1. The number of halogens is 2. The number of nitrogens with zero attached hydrogens (tertiary/aromatic N) is 2. The van der Waals surface area contributed by atoms with Gasteiger partial charge in [-0.25, -0.2) is 0 Å². The van der Waals surface area contributed by atoms with Crippen molar-refractivity contribution in [2.75, 3.05) is 31.1 Å². The second-order valence-electron chi connectivity index (χ2n) is 5.51. The van der Waals surface area contributed by atoms with Gasteiger partial charge in [0.1, 0.15) is 0 Å². The Bertz CT molecular complexity index is 509. The van der Waals surface area contributed by atoms with Gasteiger partial charge in [0.2, 0.25) is 5.91 Å². The van der Waals surface area contributed by atoms with Gasteiger partial charge in [-0.15, -0.1) is 0 Å². The van der Waals surface area contributed by atoms with Crippen LogP contribution in [0.3, 0.4) is 0 Å². The average molecular weight is 313 g/mol. The zero-order valence-corrected chi connectivity index (χ0v) is 12.8. The summed E-state index contributed by atoms with van der Waals surface area (Å²) in [7, 11) is 0. The highest BCUT2D eigenvalue weighted by Crippen LogP contribution is 2.33. The lowest BCUT2D eigenvalue weighted by Crippen LogP contribution is -2.51. The van der Waals surface area contributed by atoms with E-state index in [1.807, 2.05) is 17.0 Å². The number of carbonyl (C=O) groups is 1. The molecule has 0 bridgehead atoms. The Morgan fingerprint density at radius 1 is 1.10 bits per heavy atom. The number of amides is 1. The predicted octanol–water partition coefficient (Wildman–Crippen LogP) is 3.44. The van der Waals surface area contributed by atoms with Crippen molar-refractivity contribution < 1.29 is 4.79 Å². The SMILES string of the molecule is O=C(C1CCC1)N1CCN(c2cccc(Cl)c2Cl)CC1. The van der Waals surface area contributed by atoms with Crippen molar-refractivity contribution in [1.29, 1.82) is 0 Å². The minimum atomic E-state index is 0.288. The summed E-state index contributed by atoms with van der Waals surface area (Å²) in [6.07, 6.45) is 3.34. The van der Waals surface area contributed by atoms with Crippen molar-refractivity contribution in [2.24, 2.45) is 5.92 Å². The predicted molar refractivity (Wildman–Crippen MR) is 82.6 cm³/mol. The van der Waals surface area contributed by atoms with E-state index in [9.17, 15) is 4.79 Å². The molecule has 2 fully saturated rings. The molecule has 0 N–H and O–H groups in total. The summed E-state index contributed by atoms with van der Waals surface area (Å²) in [5, 5.41) is 1.19. The van der Waals surface area contributed by atoms with Crippen LogP contribution in [-0.2, 0) is 4.79 Å². The largest absolute Gasteiger partial charge is 0.367 e. The van der Waals surface area contributed by atoms with E-state index in [0.717, 1.165) is 44.7 Å². The molecule has 0 aromatic heterocycles. The Morgan fingerprint density at radius 2 is 1.80 bits per heavy atom. The third kappa shape index (κ3) is 2.61. The summed E-state index contributed by atoms with van der Waals surface area (Å²) >= 11 is 12.3. The Balaban J connectivity index is 1.63. The van der Waals surface area contributed by atoms with Crippen molar-refractivity contribution in [3.63, 3.8) is 0 Å². The first-order chi connectivity index (χ1) is 9.66. The number of rotatable bonds is 2. The fraction of sp³-hybridized carbons (Fsp3) is 0.533. The molecule has 108 valence electrons. The zero-order valence-electron chi connectivity index (χ0n) is 11.3. The molecule has 1 amide bonds. The van der Waals surface area contributed by atoms with Gasteiger partial charge in [-0.2, -0.15) is 0 Å². The first-order valence-electron chi connectivity index (χ1n) is 7.14. The fourth-order valence-electron chi connectivity index (χ4n) is 2.82. The summed E-state index contributed by atoms with van der Waals surface area (Å²) < 4.78 is 0. The minimum Gasteiger partial charge on any atom is -0.367 e. The van der Waals surface area contributed by atoms with Gasteiger partial charge in [0.15, 0.2) is 0 Å².